The first kappa shape index (κ1) is 11.0. The Kier molecular flexibility index (Phi) is 3.48. The standard InChI is InChI=1S/C11H15N3O2/c15-14(16)10-4-2-9(3-5-10)11-8-12-6-1-7-13-11/h2-5,11-13H,1,6-8H2. The van der Waals surface area contributed by atoms with Crippen LogP contribution in [0.1, 0.15) is 18.0 Å². The Morgan fingerprint density at radius 3 is 2.69 bits per heavy atom. The fraction of sp³-hybridized carbons (Fsp3) is 0.455. The van der Waals surface area contributed by atoms with Gasteiger partial charge in [-0.05, 0) is 25.1 Å². The second-order valence-corrected chi connectivity index (χ2v) is 3.91. The third-order valence-corrected chi connectivity index (χ3v) is 2.78. The Hall–Kier alpha value is -1.46. The summed E-state index contributed by atoms with van der Waals surface area (Å²) < 4.78 is 0. The molecule has 0 aromatic heterocycles. The van der Waals surface area contributed by atoms with Gasteiger partial charge >= 0.3 is 0 Å². The van der Waals surface area contributed by atoms with E-state index in [0.717, 1.165) is 31.6 Å². The van der Waals surface area contributed by atoms with E-state index in [0.29, 0.717) is 0 Å². The van der Waals surface area contributed by atoms with E-state index >= 15 is 0 Å². The SMILES string of the molecule is O=[N+]([O-])c1ccc(C2CNCCCN2)cc1. The van der Waals surface area contributed by atoms with Gasteiger partial charge in [-0.15, -0.1) is 0 Å². The molecule has 1 atom stereocenters. The molecule has 1 aromatic rings. The first-order chi connectivity index (χ1) is 7.77. The molecule has 1 heterocycles. The highest BCUT2D eigenvalue weighted by Crippen LogP contribution is 2.18. The Balaban J connectivity index is 2.10. The molecule has 0 saturated carbocycles. The van der Waals surface area contributed by atoms with E-state index in [1.807, 2.05) is 12.1 Å². The van der Waals surface area contributed by atoms with Crippen molar-refractivity contribution in [2.75, 3.05) is 19.6 Å². The maximum atomic E-state index is 10.5. The number of nitrogens with zero attached hydrogens (tertiary/aromatic N) is 1. The molecule has 5 nitrogen and oxygen atoms in total. The van der Waals surface area contributed by atoms with Crippen LogP contribution in [-0.4, -0.2) is 24.6 Å². The van der Waals surface area contributed by atoms with Gasteiger partial charge in [0, 0.05) is 24.7 Å². The fourth-order valence-corrected chi connectivity index (χ4v) is 1.87. The van der Waals surface area contributed by atoms with Crippen LogP contribution in [0.15, 0.2) is 24.3 Å². The van der Waals surface area contributed by atoms with Gasteiger partial charge in [-0.25, -0.2) is 0 Å². The first-order valence-electron chi connectivity index (χ1n) is 5.46. The molecule has 0 amide bonds. The molecule has 2 rings (SSSR count). The molecule has 1 aliphatic heterocycles. The van der Waals surface area contributed by atoms with E-state index in [4.69, 9.17) is 0 Å². The van der Waals surface area contributed by atoms with Gasteiger partial charge in [0.15, 0.2) is 0 Å². The van der Waals surface area contributed by atoms with Crippen molar-refractivity contribution in [3.05, 3.63) is 39.9 Å². The predicted octanol–water partition coefficient (Wildman–Crippen LogP) is 1.22. The Morgan fingerprint density at radius 1 is 1.25 bits per heavy atom. The van der Waals surface area contributed by atoms with Crippen molar-refractivity contribution in [2.45, 2.75) is 12.5 Å². The van der Waals surface area contributed by atoms with Gasteiger partial charge in [-0.2, -0.15) is 0 Å². The average molecular weight is 221 g/mol. The second-order valence-electron chi connectivity index (χ2n) is 3.91. The zero-order valence-corrected chi connectivity index (χ0v) is 8.98. The smallest absolute Gasteiger partial charge is 0.269 e. The van der Waals surface area contributed by atoms with Crippen LogP contribution in [0.5, 0.6) is 0 Å². The zero-order valence-electron chi connectivity index (χ0n) is 8.98. The summed E-state index contributed by atoms with van der Waals surface area (Å²) in [4.78, 5) is 10.1. The van der Waals surface area contributed by atoms with Gasteiger partial charge in [0.05, 0.1) is 4.92 Å². The molecule has 16 heavy (non-hydrogen) atoms. The number of benzene rings is 1. The van der Waals surface area contributed by atoms with Gasteiger partial charge in [0.1, 0.15) is 0 Å². The van der Waals surface area contributed by atoms with Crippen molar-refractivity contribution in [3.63, 3.8) is 0 Å². The minimum absolute atomic E-state index is 0.144. The third-order valence-electron chi connectivity index (χ3n) is 2.78. The lowest BCUT2D eigenvalue weighted by Crippen LogP contribution is -2.27. The molecule has 5 heteroatoms. The maximum absolute atomic E-state index is 10.5. The minimum atomic E-state index is -0.372. The van der Waals surface area contributed by atoms with Crippen molar-refractivity contribution in [2.24, 2.45) is 0 Å². The average Bonchev–Trinajstić information content (AvgIpc) is 2.57. The van der Waals surface area contributed by atoms with Crippen LogP contribution in [0.3, 0.4) is 0 Å². The first-order valence-corrected chi connectivity index (χ1v) is 5.46. The summed E-state index contributed by atoms with van der Waals surface area (Å²) >= 11 is 0. The zero-order chi connectivity index (χ0) is 11.4. The van der Waals surface area contributed by atoms with E-state index in [1.165, 1.54) is 0 Å². The number of hydrogen-bond acceptors (Lipinski definition) is 4. The van der Waals surface area contributed by atoms with Crippen molar-refractivity contribution < 1.29 is 4.92 Å². The lowest BCUT2D eigenvalue weighted by molar-refractivity contribution is -0.384. The minimum Gasteiger partial charge on any atom is -0.315 e. The third kappa shape index (κ3) is 2.56. The molecular formula is C11H15N3O2. The lowest BCUT2D eigenvalue weighted by Gasteiger charge is -2.15. The monoisotopic (exact) mass is 221 g/mol. The molecular weight excluding hydrogens is 206 g/mol. The molecule has 0 spiro atoms. The Bertz CT molecular complexity index is 356. The van der Waals surface area contributed by atoms with Crippen LogP contribution in [0.4, 0.5) is 5.69 Å². The fourth-order valence-electron chi connectivity index (χ4n) is 1.87. The molecule has 1 unspecified atom stereocenters. The van der Waals surface area contributed by atoms with E-state index in [1.54, 1.807) is 12.1 Å². The molecule has 0 radical (unpaired) electrons. The van der Waals surface area contributed by atoms with Crippen LogP contribution in [0.25, 0.3) is 0 Å². The van der Waals surface area contributed by atoms with Gasteiger partial charge in [0.25, 0.3) is 5.69 Å². The van der Waals surface area contributed by atoms with E-state index in [2.05, 4.69) is 10.6 Å². The molecule has 1 fully saturated rings. The maximum Gasteiger partial charge on any atom is 0.269 e. The molecule has 1 aromatic carbocycles. The number of rotatable bonds is 2. The largest absolute Gasteiger partial charge is 0.315 e. The summed E-state index contributed by atoms with van der Waals surface area (Å²) in [6.07, 6.45) is 1.11. The van der Waals surface area contributed by atoms with Crippen LogP contribution in [0.2, 0.25) is 0 Å². The second kappa shape index (κ2) is 5.05. The summed E-state index contributed by atoms with van der Waals surface area (Å²) in [7, 11) is 0. The van der Waals surface area contributed by atoms with Crippen LogP contribution < -0.4 is 10.6 Å². The molecule has 0 bridgehead atoms. The molecule has 86 valence electrons. The van der Waals surface area contributed by atoms with Crippen molar-refractivity contribution >= 4 is 5.69 Å². The number of non-ortho nitro benzene ring substituents is 1. The van der Waals surface area contributed by atoms with Crippen LogP contribution in [-0.2, 0) is 0 Å². The van der Waals surface area contributed by atoms with Crippen LogP contribution in [0, 0.1) is 10.1 Å². The highest BCUT2D eigenvalue weighted by atomic mass is 16.6. The highest BCUT2D eigenvalue weighted by Gasteiger charge is 2.14. The number of nitrogens with one attached hydrogen (secondary N) is 2. The van der Waals surface area contributed by atoms with Crippen molar-refractivity contribution in [1.29, 1.82) is 0 Å². The van der Waals surface area contributed by atoms with Crippen LogP contribution >= 0.6 is 0 Å². The topological polar surface area (TPSA) is 67.2 Å². The number of hydrogen-bond donors (Lipinski definition) is 2. The molecule has 0 aliphatic carbocycles. The van der Waals surface area contributed by atoms with Gasteiger partial charge < -0.3 is 10.6 Å². The summed E-state index contributed by atoms with van der Waals surface area (Å²) in [6.45, 7) is 2.88. The molecule has 1 aliphatic rings. The summed E-state index contributed by atoms with van der Waals surface area (Å²) in [5, 5.41) is 17.3. The molecule has 1 saturated heterocycles. The Morgan fingerprint density at radius 2 is 2.00 bits per heavy atom. The Labute approximate surface area is 94.0 Å². The summed E-state index contributed by atoms with van der Waals surface area (Å²) in [6, 6.07) is 7.01. The van der Waals surface area contributed by atoms with Gasteiger partial charge in [0.2, 0.25) is 0 Å². The molecule has 2 N–H and O–H groups in total. The number of nitro groups is 1. The normalized spacial score (nSPS) is 21.4. The summed E-state index contributed by atoms with van der Waals surface area (Å²) in [5.41, 5.74) is 1.24. The van der Waals surface area contributed by atoms with E-state index < -0.39 is 0 Å². The van der Waals surface area contributed by atoms with Crippen molar-refractivity contribution in [1.82, 2.24) is 10.6 Å². The van der Waals surface area contributed by atoms with E-state index in [-0.39, 0.29) is 16.7 Å². The van der Waals surface area contributed by atoms with Crippen molar-refractivity contribution in [3.8, 4) is 0 Å². The highest BCUT2D eigenvalue weighted by molar-refractivity contribution is 5.34. The lowest BCUT2D eigenvalue weighted by atomic mass is 10.1. The number of nitro benzene ring substituents is 1. The van der Waals surface area contributed by atoms with Gasteiger partial charge in [-0.3, -0.25) is 10.1 Å². The van der Waals surface area contributed by atoms with Gasteiger partial charge in [-0.1, -0.05) is 12.1 Å². The predicted molar refractivity (Wildman–Crippen MR) is 61.3 cm³/mol. The van der Waals surface area contributed by atoms with E-state index in [9.17, 15) is 10.1 Å². The summed E-state index contributed by atoms with van der Waals surface area (Å²) in [5.74, 6) is 0. The quantitative estimate of drug-likeness (QED) is 0.582.